The van der Waals surface area contributed by atoms with Crippen LogP contribution < -0.4 is 15.8 Å². The molecule has 0 spiro atoms. The SMILES string of the molecule is CC(Oc1cc(C(=O)O)ccc1NC(=O)CN)C(=O)O. The summed E-state index contributed by atoms with van der Waals surface area (Å²) < 4.78 is 5.12. The zero-order valence-corrected chi connectivity index (χ0v) is 10.6. The average Bonchev–Trinajstić information content (AvgIpc) is 2.39. The van der Waals surface area contributed by atoms with Crippen LogP contribution in [0.2, 0.25) is 0 Å². The number of ether oxygens (including phenoxy) is 1. The van der Waals surface area contributed by atoms with Gasteiger partial charge in [0.05, 0.1) is 17.8 Å². The Hall–Kier alpha value is -2.61. The van der Waals surface area contributed by atoms with Crippen LogP contribution in [-0.2, 0) is 9.59 Å². The molecule has 1 atom stereocenters. The fourth-order valence-corrected chi connectivity index (χ4v) is 1.30. The number of nitrogens with one attached hydrogen (secondary N) is 1. The summed E-state index contributed by atoms with van der Waals surface area (Å²) in [7, 11) is 0. The van der Waals surface area contributed by atoms with Crippen molar-refractivity contribution in [2.45, 2.75) is 13.0 Å². The molecule has 1 amide bonds. The number of carboxylic acids is 2. The van der Waals surface area contributed by atoms with Crippen LogP contribution in [0.25, 0.3) is 0 Å². The van der Waals surface area contributed by atoms with Crippen molar-refractivity contribution in [2.24, 2.45) is 5.73 Å². The third kappa shape index (κ3) is 3.95. The van der Waals surface area contributed by atoms with Crippen LogP contribution in [0.15, 0.2) is 18.2 Å². The van der Waals surface area contributed by atoms with Gasteiger partial charge in [-0.25, -0.2) is 9.59 Å². The zero-order valence-electron chi connectivity index (χ0n) is 10.6. The van der Waals surface area contributed by atoms with Crippen LogP contribution >= 0.6 is 0 Å². The molecule has 1 rings (SSSR count). The molecule has 0 radical (unpaired) electrons. The predicted molar refractivity (Wildman–Crippen MR) is 68.8 cm³/mol. The quantitative estimate of drug-likeness (QED) is 0.581. The average molecular weight is 282 g/mol. The fourth-order valence-electron chi connectivity index (χ4n) is 1.30. The van der Waals surface area contributed by atoms with Crippen molar-refractivity contribution >= 4 is 23.5 Å². The second kappa shape index (κ2) is 6.53. The highest BCUT2D eigenvalue weighted by Gasteiger charge is 2.17. The zero-order chi connectivity index (χ0) is 15.3. The summed E-state index contributed by atoms with van der Waals surface area (Å²) in [5.74, 6) is -2.99. The van der Waals surface area contributed by atoms with Gasteiger partial charge in [-0.2, -0.15) is 0 Å². The van der Waals surface area contributed by atoms with E-state index in [1.165, 1.54) is 19.1 Å². The van der Waals surface area contributed by atoms with Gasteiger partial charge >= 0.3 is 11.9 Å². The van der Waals surface area contributed by atoms with Crippen molar-refractivity contribution in [3.05, 3.63) is 23.8 Å². The normalized spacial score (nSPS) is 11.5. The molecule has 0 saturated heterocycles. The first-order chi connectivity index (χ1) is 9.35. The largest absolute Gasteiger partial charge is 0.479 e. The fraction of sp³-hybridized carbons (Fsp3) is 0.250. The van der Waals surface area contributed by atoms with Gasteiger partial charge in [0.2, 0.25) is 5.91 Å². The molecule has 1 aromatic carbocycles. The Morgan fingerprint density at radius 3 is 2.50 bits per heavy atom. The summed E-state index contributed by atoms with van der Waals surface area (Å²) in [6.07, 6.45) is -1.20. The lowest BCUT2D eigenvalue weighted by molar-refractivity contribution is -0.144. The van der Waals surface area contributed by atoms with Gasteiger partial charge in [-0.05, 0) is 25.1 Å². The highest BCUT2D eigenvalue weighted by molar-refractivity contribution is 5.95. The van der Waals surface area contributed by atoms with Crippen LogP contribution in [-0.4, -0.2) is 40.7 Å². The van der Waals surface area contributed by atoms with Crippen LogP contribution in [0.5, 0.6) is 5.75 Å². The van der Waals surface area contributed by atoms with E-state index in [9.17, 15) is 14.4 Å². The first-order valence-electron chi connectivity index (χ1n) is 5.62. The molecular formula is C12H14N2O6. The van der Waals surface area contributed by atoms with Crippen LogP contribution in [0.1, 0.15) is 17.3 Å². The minimum Gasteiger partial charge on any atom is -0.479 e. The number of carboxylic acid groups (broad SMARTS) is 2. The number of rotatable bonds is 6. The number of benzene rings is 1. The molecule has 1 unspecified atom stereocenters. The molecule has 0 aliphatic rings. The topological polar surface area (TPSA) is 139 Å². The van der Waals surface area contributed by atoms with Crippen molar-refractivity contribution in [2.75, 3.05) is 11.9 Å². The van der Waals surface area contributed by atoms with E-state index < -0.39 is 23.9 Å². The van der Waals surface area contributed by atoms with E-state index in [0.717, 1.165) is 6.07 Å². The van der Waals surface area contributed by atoms with Crippen molar-refractivity contribution in [1.29, 1.82) is 0 Å². The standard InChI is InChI=1S/C12H14N2O6/c1-6(11(16)17)20-9-4-7(12(18)19)2-3-8(9)14-10(15)5-13/h2-4,6H,5,13H2,1H3,(H,14,15)(H,16,17)(H,18,19). The van der Waals surface area contributed by atoms with Gasteiger partial charge < -0.3 is 26.0 Å². The third-order valence-corrected chi connectivity index (χ3v) is 2.34. The van der Waals surface area contributed by atoms with E-state index in [1.54, 1.807) is 0 Å². The highest BCUT2D eigenvalue weighted by Crippen LogP contribution is 2.27. The van der Waals surface area contributed by atoms with E-state index in [2.05, 4.69) is 5.32 Å². The maximum atomic E-state index is 11.2. The smallest absolute Gasteiger partial charge is 0.344 e. The van der Waals surface area contributed by atoms with Gasteiger partial charge in [-0.3, -0.25) is 4.79 Å². The van der Waals surface area contributed by atoms with Crippen molar-refractivity contribution in [3.63, 3.8) is 0 Å². The van der Waals surface area contributed by atoms with Gasteiger partial charge in [-0.15, -0.1) is 0 Å². The molecule has 0 aliphatic carbocycles. The molecule has 5 N–H and O–H groups in total. The van der Waals surface area contributed by atoms with E-state index in [0.29, 0.717) is 0 Å². The van der Waals surface area contributed by atoms with Gasteiger partial charge in [0, 0.05) is 0 Å². The summed E-state index contributed by atoms with van der Waals surface area (Å²) in [6, 6.07) is 3.70. The number of aromatic carboxylic acids is 1. The van der Waals surface area contributed by atoms with Gasteiger partial charge in [0.25, 0.3) is 0 Å². The predicted octanol–water partition coefficient (Wildman–Crippen LogP) is 0.134. The van der Waals surface area contributed by atoms with Gasteiger partial charge in [0.15, 0.2) is 6.10 Å². The summed E-state index contributed by atoms with van der Waals surface area (Å²) in [4.78, 5) is 32.9. The first kappa shape index (κ1) is 15.4. The first-order valence-corrected chi connectivity index (χ1v) is 5.62. The monoisotopic (exact) mass is 282 g/mol. The third-order valence-electron chi connectivity index (χ3n) is 2.34. The second-order valence-electron chi connectivity index (χ2n) is 3.87. The Bertz CT molecular complexity index is 543. The Balaban J connectivity index is 3.12. The molecule has 1 aromatic rings. The summed E-state index contributed by atoms with van der Waals surface area (Å²) in [6.45, 7) is 1.01. The Labute approximate surface area is 114 Å². The lowest BCUT2D eigenvalue weighted by atomic mass is 10.2. The molecule has 0 aromatic heterocycles. The lowest BCUT2D eigenvalue weighted by Crippen LogP contribution is -2.25. The molecule has 0 saturated carbocycles. The van der Waals surface area contributed by atoms with Crippen LogP contribution in [0.3, 0.4) is 0 Å². The number of hydrogen-bond acceptors (Lipinski definition) is 5. The summed E-state index contributed by atoms with van der Waals surface area (Å²) in [5, 5.41) is 20.1. The molecule has 108 valence electrons. The number of nitrogens with two attached hydrogens (primary N) is 1. The molecule has 20 heavy (non-hydrogen) atoms. The van der Waals surface area contributed by atoms with Crippen LogP contribution in [0, 0.1) is 0 Å². The molecule has 8 heteroatoms. The van der Waals surface area contributed by atoms with Crippen molar-refractivity contribution in [3.8, 4) is 5.75 Å². The number of hydrogen-bond donors (Lipinski definition) is 4. The van der Waals surface area contributed by atoms with Crippen molar-refractivity contribution < 1.29 is 29.3 Å². The minimum atomic E-state index is -1.22. The number of aliphatic carboxylic acids is 1. The lowest BCUT2D eigenvalue weighted by Gasteiger charge is -2.15. The van der Waals surface area contributed by atoms with E-state index >= 15 is 0 Å². The van der Waals surface area contributed by atoms with Crippen molar-refractivity contribution in [1.82, 2.24) is 0 Å². The highest BCUT2D eigenvalue weighted by atomic mass is 16.5. The number of anilines is 1. The maximum absolute atomic E-state index is 11.2. The van der Waals surface area contributed by atoms with Gasteiger partial charge in [-0.1, -0.05) is 0 Å². The molecule has 0 aliphatic heterocycles. The summed E-state index contributed by atoms with van der Waals surface area (Å²) >= 11 is 0. The van der Waals surface area contributed by atoms with E-state index in [4.69, 9.17) is 20.7 Å². The van der Waals surface area contributed by atoms with Crippen LogP contribution in [0.4, 0.5) is 5.69 Å². The second-order valence-corrected chi connectivity index (χ2v) is 3.87. The molecule has 0 fully saturated rings. The minimum absolute atomic E-state index is 0.0541. The number of carbonyl (C=O) groups excluding carboxylic acids is 1. The molecule has 8 nitrogen and oxygen atoms in total. The van der Waals surface area contributed by atoms with Gasteiger partial charge in [0.1, 0.15) is 5.75 Å². The van der Waals surface area contributed by atoms with E-state index in [1.807, 2.05) is 0 Å². The Morgan fingerprint density at radius 2 is 2.00 bits per heavy atom. The maximum Gasteiger partial charge on any atom is 0.344 e. The molecule has 0 bridgehead atoms. The molecule has 0 heterocycles. The Morgan fingerprint density at radius 1 is 1.35 bits per heavy atom. The van der Waals surface area contributed by atoms with E-state index in [-0.39, 0.29) is 23.5 Å². The number of amides is 1. The Kier molecular flexibility index (Phi) is 5.04. The number of carbonyl (C=O) groups is 3. The molecular weight excluding hydrogens is 268 g/mol. The summed E-state index contributed by atoms with van der Waals surface area (Å²) in [5.41, 5.74) is 5.21.